The van der Waals surface area contributed by atoms with Gasteiger partial charge >= 0.3 is 5.97 Å². The summed E-state index contributed by atoms with van der Waals surface area (Å²) in [5.41, 5.74) is 2.96. The van der Waals surface area contributed by atoms with Gasteiger partial charge in [-0.25, -0.2) is 5.01 Å². The molecule has 0 unspecified atom stereocenters. The fourth-order valence-corrected chi connectivity index (χ4v) is 2.90. The smallest absolute Gasteiger partial charge is 0.306 e. The summed E-state index contributed by atoms with van der Waals surface area (Å²) in [5.74, 6) is -0.619. The Hall–Kier alpha value is -2.95. The minimum Gasteiger partial charge on any atom is -0.455 e. The maximum atomic E-state index is 12.2. The summed E-state index contributed by atoms with van der Waals surface area (Å²) in [6, 6.07) is 19.5. The van der Waals surface area contributed by atoms with Crippen molar-refractivity contribution in [2.45, 2.75) is 25.7 Å². The van der Waals surface area contributed by atoms with Gasteiger partial charge in [0, 0.05) is 6.42 Å². The van der Waals surface area contributed by atoms with Crippen molar-refractivity contribution in [3.63, 3.8) is 0 Å². The van der Waals surface area contributed by atoms with Crippen LogP contribution >= 0.6 is 0 Å². The highest BCUT2D eigenvalue weighted by atomic mass is 16.5. The number of rotatable bonds is 6. The van der Waals surface area contributed by atoms with E-state index in [9.17, 15) is 9.59 Å². The van der Waals surface area contributed by atoms with Crippen molar-refractivity contribution in [3.8, 4) is 0 Å². The molecule has 26 heavy (non-hydrogen) atoms. The van der Waals surface area contributed by atoms with Crippen molar-refractivity contribution in [2.75, 3.05) is 13.2 Å². The molecule has 0 aliphatic carbocycles. The van der Waals surface area contributed by atoms with Crippen LogP contribution in [0.15, 0.2) is 65.8 Å². The Morgan fingerprint density at radius 1 is 1.08 bits per heavy atom. The molecule has 0 saturated carbocycles. The first-order valence-corrected chi connectivity index (χ1v) is 8.77. The van der Waals surface area contributed by atoms with Gasteiger partial charge in [0.05, 0.1) is 18.7 Å². The van der Waals surface area contributed by atoms with Crippen LogP contribution in [0.1, 0.15) is 36.8 Å². The molecule has 1 heterocycles. The number of nitrogens with zero attached hydrogens (tertiary/aromatic N) is 2. The molecule has 0 N–H and O–H groups in total. The SMILES string of the molecule is C[C@H](CC(=O)OCC(=O)N1CCC(c2ccccc2)=N1)c1ccccc1. The first kappa shape index (κ1) is 17.9. The Morgan fingerprint density at radius 2 is 1.73 bits per heavy atom. The Bertz CT molecular complexity index is 787. The van der Waals surface area contributed by atoms with Crippen molar-refractivity contribution in [1.82, 2.24) is 5.01 Å². The first-order valence-electron chi connectivity index (χ1n) is 8.77. The van der Waals surface area contributed by atoms with E-state index in [2.05, 4.69) is 5.10 Å². The number of benzene rings is 2. The molecule has 3 rings (SSSR count). The van der Waals surface area contributed by atoms with E-state index in [0.717, 1.165) is 16.8 Å². The number of carbonyl (C=O) groups excluding carboxylic acids is 2. The van der Waals surface area contributed by atoms with E-state index < -0.39 is 0 Å². The highest BCUT2D eigenvalue weighted by Crippen LogP contribution is 2.19. The predicted molar refractivity (Wildman–Crippen MR) is 99.7 cm³/mol. The van der Waals surface area contributed by atoms with E-state index >= 15 is 0 Å². The van der Waals surface area contributed by atoms with Crippen LogP contribution in [0.4, 0.5) is 0 Å². The van der Waals surface area contributed by atoms with Crippen LogP contribution < -0.4 is 0 Å². The summed E-state index contributed by atoms with van der Waals surface area (Å²) in [4.78, 5) is 24.2. The Morgan fingerprint density at radius 3 is 2.42 bits per heavy atom. The normalized spacial score (nSPS) is 14.7. The maximum absolute atomic E-state index is 12.2. The lowest BCUT2D eigenvalue weighted by molar-refractivity contribution is -0.152. The summed E-state index contributed by atoms with van der Waals surface area (Å²) in [6.45, 7) is 2.21. The lowest BCUT2D eigenvalue weighted by Crippen LogP contribution is -2.29. The number of hydrazone groups is 1. The van der Waals surface area contributed by atoms with Gasteiger partial charge in [-0.15, -0.1) is 0 Å². The lowest BCUT2D eigenvalue weighted by atomic mass is 9.98. The van der Waals surface area contributed by atoms with Crippen molar-refractivity contribution in [2.24, 2.45) is 5.10 Å². The second-order valence-corrected chi connectivity index (χ2v) is 6.36. The molecule has 0 aromatic heterocycles. The quantitative estimate of drug-likeness (QED) is 0.751. The van der Waals surface area contributed by atoms with E-state index in [0.29, 0.717) is 13.0 Å². The number of carbonyl (C=O) groups is 2. The summed E-state index contributed by atoms with van der Waals surface area (Å²) in [5, 5.41) is 5.74. The monoisotopic (exact) mass is 350 g/mol. The largest absolute Gasteiger partial charge is 0.455 e. The van der Waals surface area contributed by atoms with E-state index in [1.54, 1.807) is 0 Å². The van der Waals surface area contributed by atoms with Crippen molar-refractivity contribution in [3.05, 3.63) is 71.8 Å². The molecule has 0 saturated heterocycles. The van der Waals surface area contributed by atoms with E-state index in [1.807, 2.05) is 67.6 Å². The van der Waals surface area contributed by atoms with Gasteiger partial charge in [-0.05, 0) is 17.0 Å². The number of ether oxygens (including phenoxy) is 1. The fraction of sp³-hybridized carbons (Fsp3) is 0.286. The van der Waals surface area contributed by atoms with Gasteiger partial charge in [0.25, 0.3) is 5.91 Å². The van der Waals surface area contributed by atoms with Gasteiger partial charge in [0.1, 0.15) is 0 Å². The molecule has 0 bridgehead atoms. The molecule has 2 aromatic carbocycles. The van der Waals surface area contributed by atoms with E-state index in [1.165, 1.54) is 5.01 Å². The van der Waals surface area contributed by atoms with Gasteiger partial charge in [-0.2, -0.15) is 5.10 Å². The Labute approximate surface area is 153 Å². The second kappa shape index (κ2) is 8.43. The summed E-state index contributed by atoms with van der Waals surface area (Å²) >= 11 is 0. The Kier molecular flexibility index (Phi) is 5.79. The second-order valence-electron chi connectivity index (χ2n) is 6.36. The van der Waals surface area contributed by atoms with Crippen LogP contribution in [0, 0.1) is 0 Å². The molecule has 5 heteroatoms. The van der Waals surface area contributed by atoms with Crippen molar-refractivity contribution in [1.29, 1.82) is 0 Å². The summed E-state index contributed by atoms with van der Waals surface area (Å²) in [7, 11) is 0. The van der Waals surface area contributed by atoms with Crippen LogP contribution in [0.25, 0.3) is 0 Å². The number of esters is 1. The summed E-state index contributed by atoms with van der Waals surface area (Å²) in [6.07, 6.45) is 0.949. The molecule has 0 fully saturated rings. The number of hydrogen-bond acceptors (Lipinski definition) is 4. The minimum atomic E-state index is -0.374. The molecular formula is C21H22N2O3. The summed E-state index contributed by atoms with van der Waals surface area (Å²) < 4.78 is 5.15. The molecule has 0 spiro atoms. The average Bonchev–Trinajstić information content (AvgIpc) is 3.18. The molecule has 1 aliphatic heterocycles. The molecule has 134 valence electrons. The lowest BCUT2D eigenvalue weighted by Gasteiger charge is -2.13. The molecule has 2 aromatic rings. The maximum Gasteiger partial charge on any atom is 0.306 e. The highest BCUT2D eigenvalue weighted by molar-refractivity contribution is 6.02. The van der Waals surface area contributed by atoms with Gasteiger partial charge < -0.3 is 4.74 Å². The van der Waals surface area contributed by atoms with E-state index in [4.69, 9.17) is 4.74 Å². The standard InChI is InChI=1S/C21H22N2O3/c1-16(17-8-4-2-5-9-17)14-21(25)26-15-20(24)23-13-12-19(22-23)18-10-6-3-7-11-18/h2-11,16H,12-15H2,1H3/t16-/m1/s1. The van der Waals surface area contributed by atoms with Gasteiger partial charge in [-0.3, -0.25) is 9.59 Å². The van der Waals surface area contributed by atoms with Crippen molar-refractivity contribution >= 4 is 17.6 Å². The highest BCUT2D eigenvalue weighted by Gasteiger charge is 2.23. The third-order valence-corrected chi connectivity index (χ3v) is 4.39. The van der Waals surface area contributed by atoms with Gasteiger partial charge in [-0.1, -0.05) is 67.6 Å². The zero-order valence-electron chi connectivity index (χ0n) is 14.8. The van der Waals surface area contributed by atoms with E-state index in [-0.39, 0.29) is 30.8 Å². The zero-order chi connectivity index (χ0) is 18.4. The van der Waals surface area contributed by atoms with Crippen LogP contribution in [0.5, 0.6) is 0 Å². The average molecular weight is 350 g/mol. The minimum absolute atomic E-state index is 0.0493. The fourth-order valence-electron chi connectivity index (χ4n) is 2.90. The molecule has 1 amide bonds. The molecular weight excluding hydrogens is 328 g/mol. The van der Waals surface area contributed by atoms with Gasteiger partial charge in [0.15, 0.2) is 6.61 Å². The Balaban J connectivity index is 1.48. The van der Waals surface area contributed by atoms with Crippen LogP contribution in [-0.2, 0) is 14.3 Å². The predicted octanol–water partition coefficient (Wildman–Crippen LogP) is 3.36. The molecule has 1 atom stereocenters. The third-order valence-electron chi connectivity index (χ3n) is 4.39. The molecule has 1 aliphatic rings. The van der Waals surface area contributed by atoms with Crippen LogP contribution in [0.2, 0.25) is 0 Å². The molecule has 0 radical (unpaired) electrons. The first-order chi connectivity index (χ1) is 12.6. The topological polar surface area (TPSA) is 59.0 Å². The number of amides is 1. The third kappa shape index (κ3) is 4.57. The zero-order valence-corrected chi connectivity index (χ0v) is 14.8. The van der Waals surface area contributed by atoms with Crippen LogP contribution in [-0.4, -0.2) is 35.7 Å². The number of hydrogen-bond donors (Lipinski definition) is 0. The van der Waals surface area contributed by atoms with Gasteiger partial charge in [0.2, 0.25) is 0 Å². The van der Waals surface area contributed by atoms with Crippen LogP contribution in [0.3, 0.4) is 0 Å². The molecule has 5 nitrogen and oxygen atoms in total. The van der Waals surface area contributed by atoms with Crippen molar-refractivity contribution < 1.29 is 14.3 Å².